The third-order valence-electron chi connectivity index (χ3n) is 2.17. The van der Waals surface area contributed by atoms with Gasteiger partial charge in [-0.1, -0.05) is 29.3 Å². The Morgan fingerprint density at radius 2 is 2.06 bits per heavy atom. The van der Waals surface area contributed by atoms with Crippen molar-refractivity contribution in [1.29, 1.82) is 0 Å². The molecule has 0 aliphatic heterocycles. The topological polar surface area (TPSA) is 38.0 Å². The number of halogens is 2. The van der Waals surface area contributed by atoms with Gasteiger partial charge in [0.05, 0.1) is 22.3 Å². The highest BCUT2D eigenvalue weighted by atomic mass is 35.5. The SMILES string of the molecule is Nc1ccsc1CNc1cccc(Cl)c1Cl. The van der Waals surface area contributed by atoms with Gasteiger partial charge < -0.3 is 11.1 Å². The van der Waals surface area contributed by atoms with Crippen LogP contribution < -0.4 is 11.1 Å². The van der Waals surface area contributed by atoms with Crippen LogP contribution in [0.15, 0.2) is 29.6 Å². The summed E-state index contributed by atoms with van der Waals surface area (Å²) in [6, 6.07) is 7.39. The van der Waals surface area contributed by atoms with Gasteiger partial charge in [-0.15, -0.1) is 11.3 Å². The second-order valence-corrected chi connectivity index (χ2v) is 5.04. The lowest BCUT2D eigenvalue weighted by Crippen LogP contribution is -2.00. The van der Waals surface area contributed by atoms with E-state index in [0.29, 0.717) is 16.6 Å². The molecule has 0 radical (unpaired) electrons. The van der Waals surface area contributed by atoms with Gasteiger partial charge in [0.25, 0.3) is 0 Å². The molecule has 0 unspecified atom stereocenters. The van der Waals surface area contributed by atoms with Crippen LogP contribution in [-0.2, 0) is 6.54 Å². The quantitative estimate of drug-likeness (QED) is 0.877. The molecule has 0 spiro atoms. The Morgan fingerprint density at radius 3 is 2.75 bits per heavy atom. The van der Waals surface area contributed by atoms with Gasteiger partial charge in [-0.25, -0.2) is 0 Å². The van der Waals surface area contributed by atoms with E-state index in [-0.39, 0.29) is 0 Å². The van der Waals surface area contributed by atoms with E-state index in [1.807, 2.05) is 23.6 Å². The zero-order valence-corrected chi connectivity index (χ0v) is 10.7. The van der Waals surface area contributed by atoms with Crippen LogP contribution >= 0.6 is 34.5 Å². The number of anilines is 2. The van der Waals surface area contributed by atoms with Crippen LogP contribution in [0.1, 0.15) is 4.88 Å². The van der Waals surface area contributed by atoms with Crippen molar-refractivity contribution in [3.63, 3.8) is 0 Å². The number of thiophene rings is 1. The van der Waals surface area contributed by atoms with E-state index in [2.05, 4.69) is 5.32 Å². The van der Waals surface area contributed by atoms with Gasteiger partial charge in [-0.2, -0.15) is 0 Å². The minimum atomic E-state index is 0.541. The van der Waals surface area contributed by atoms with E-state index in [9.17, 15) is 0 Å². The molecule has 0 bridgehead atoms. The fourth-order valence-electron chi connectivity index (χ4n) is 1.31. The van der Waals surface area contributed by atoms with Crippen LogP contribution in [0.5, 0.6) is 0 Å². The third kappa shape index (κ3) is 2.43. The summed E-state index contributed by atoms with van der Waals surface area (Å²) in [6.45, 7) is 0.656. The van der Waals surface area contributed by atoms with Crippen molar-refractivity contribution in [1.82, 2.24) is 0 Å². The van der Waals surface area contributed by atoms with Gasteiger partial charge >= 0.3 is 0 Å². The van der Waals surface area contributed by atoms with Crippen molar-refractivity contribution in [3.05, 3.63) is 44.6 Å². The van der Waals surface area contributed by atoms with Crippen molar-refractivity contribution >= 4 is 45.9 Å². The van der Waals surface area contributed by atoms with Crippen LogP contribution in [0, 0.1) is 0 Å². The number of nitrogens with two attached hydrogens (primary N) is 1. The molecule has 0 aliphatic rings. The normalized spacial score (nSPS) is 10.4. The molecule has 84 valence electrons. The highest BCUT2D eigenvalue weighted by Gasteiger charge is 2.05. The van der Waals surface area contributed by atoms with Crippen LogP contribution in [-0.4, -0.2) is 0 Å². The average molecular weight is 273 g/mol. The summed E-state index contributed by atoms with van der Waals surface area (Å²) in [7, 11) is 0. The molecule has 3 N–H and O–H groups in total. The number of benzene rings is 1. The Balaban J connectivity index is 2.11. The first-order valence-corrected chi connectivity index (χ1v) is 6.32. The van der Waals surface area contributed by atoms with E-state index in [1.165, 1.54) is 0 Å². The molecule has 2 aromatic rings. The summed E-state index contributed by atoms with van der Waals surface area (Å²) < 4.78 is 0. The van der Waals surface area contributed by atoms with Gasteiger partial charge in [0.15, 0.2) is 0 Å². The molecule has 2 rings (SSSR count). The Labute approximate surface area is 108 Å². The molecule has 0 aliphatic carbocycles. The Hall–Kier alpha value is -0.900. The van der Waals surface area contributed by atoms with Gasteiger partial charge in [-0.05, 0) is 23.6 Å². The van der Waals surface area contributed by atoms with E-state index in [1.54, 1.807) is 17.4 Å². The summed E-state index contributed by atoms with van der Waals surface area (Å²) in [5.74, 6) is 0. The molecule has 2 nitrogen and oxygen atoms in total. The molecule has 1 aromatic carbocycles. The molecule has 5 heteroatoms. The molecule has 0 fully saturated rings. The van der Waals surface area contributed by atoms with E-state index in [4.69, 9.17) is 28.9 Å². The predicted molar refractivity (Wildman–Crippen MR) is 72.5 cm³/mol. The van der Waals surface area contributed by atoms with Gasteiger partial charge in [-0.3, -0.25) is 0 Å². The molecule has 0 saturated heterocycles. The first-order chi connectivity index (χ1) is 7.68. The van der Waals surface area contributed by atoms with E-state index >= 15 is 0 Å². The lowest BCUT2D eigenvalue weighted by molar-refractivity contribution is 1.20. The Morgan fingerprint density at radius 1 is 1.25 bits per heavy atom. The smallest absolute Gasteiger partial charge is 0.0823 e. The first-order valence-electron chi connectivity index (χ1n) is 4.68. The maximum Gasteiger partial charge on any atom is 0.0823 e. The Bertz CT molecular complexity index is 496. The highest BCUT2D eigenvalue weighted by molar-refractivity contribution is 7.10. The number of hydrogen-bond donors (Lipinski definition) is 2. The first kappa shape index (κ1) is 11.6. The monoisotopic (exact) mass is 272 g/mol. The average Bonchev–Trinajstić information content (AvgIpc) is 2.67. The zero-order chi connectivity index (χ0) is 11.5. The maximum absolute atomic E-state index is 6.05. The predicted octanol–water partition coefficient (Wildman–Crippen LogP) is 4.25. The van der Waals surface area contributed by atoms with Crippen LogP contribution in [0.3, 0.4) is 0 Å². The second kappa shape index (κ2) is 4.95. The third-order valence-corrected chi connectivity index (χ3v) is 3.93. The number of nitrogen functional groups attached to an aromatic ring is 1. The standard InChI is InChI=1S/C11H10Cl2N2S/c12-7-2-1-3-9(11(7)13)15-6-10-8(14)4-5-16-10/h1-5,15H,6,14H2. The van der Waals surface area contributed by atoms with E-state index < -0.39 is 0 Å². The molecule has 1 aromatic heterocycles. The van der Waals surface area contributed by atoms with Crippen LogP contribution in [0.25, 0.3) is 0 Å². The summed E-state index contributed by atoms with van der Waals surface area (Å²) in [6.07, 6.45) is 0. The number of hydrogen-bond acceptors (Lipinski definition) is 3. The van der Waals surface area contributed by atoms with E-state index in [0.717, 1.165) is 16.3 Å². The van der Waals surface area contributed by atoms with Crippen molar-refractivity contribution in [2.75, 3.05) is 11.1 Å². The van der Waals surface area contributed by atoms with Crippen LogP contribution in [0.2, 0.25) is 10.0 Å². The fourth-order valence-corrected chi connectivity index (χ4v) is 2.42. The largest absolute Gasteiger partial charge is 0.398 e. The van der Waals surface area contributed by atoms with Crippen molar-refractivity contribution < 1.29 is 0 Å². The minimum absolute atomic E-state index is 0.541. The van der Waals surface area contributed by atoms with Crippen molar-refractivity contribution in [2.24, 2.45) is 0 Å². The lowest BCUT2D eigenvalue weighted by atomic mass is 10.3. The van der Waals surface area contributed by atoms with Gasteiger partial charge in [0, 0.05) is 10.6 Å². The maximum atomic E-state index is 6.05. The Kier molecular flexibility index (Phi) is 3.59. The minimum Gasteiger partial charge on any atom is -0.398 e. The van der Waals surface area contributed by atoms with Crippen LogP contribution in [0.4, 0.5) is 11.4 Å². The molecule has 0 atom stereocenters. The van der Waals surface area contributed by atoms with Crippen molar-refractivity contribution in [2.45, 2.75) is 6.54 Å². The van der Waals surface area contributed by atoms with Crippen molar-refractivity contribution in [3.8, 4) is 0 Å². The lowest BCUT2D eigenvalue weighted by Gasteiger charge is -2.08. The fraction of sp³-hybridized carbons (Fsp3) is 0.0909. The highest BCUT2D eigenvalue weighted by Crippen LogP contribution is 2.30. The second-order valence-electron chi connectivity index (χ2n) is 3.25. The molecule has 1 heterocycles. The molecule has 0 amide bonds. The van der Waals surface area contributed by atoms with Gasteiger partial charge in [0.2, 0.25) is 0 Å². The summed E-state index contributed by atoms with van der Waals surface area (Å²) in [4.78, 5) is 1.09. The zero-order valence-electron chi connectivity index (χ0n) is 8.34. The number of rotatable bonds is 3. The molecule has 16 heavy (non-hydrogen) atoms. The molecule has 0 saturated carbocycles. The van der Waals surface area contributed by atoms with Gasteiger partial charge in [0.1, 0.15) is 0 Å². The summed E-state index contributed by atoms with van der Waals surface area (Å²) >= 11 is 13.6. The molecular weight excluding hydrogens is 263 g/mol. The summed E-state index contributed by atoms with van der Waals surface area (Å²) in [5.41, 5.74) is 7.41. The number of nitrogens with one attached hydrogen (secondary N) is 1. The summed E-state index contributed by atoms with van der Waals surface area (Å²) in [5, 5.41) is 6.26. The molecular formula is C11H10Cl2N2S.